The number of aliphatic hydroxyl groups is 1. The minimum absolute atomic E-state index is 0.0504. The summed E-state index contributed by atoms with van der Waals surface area (Å²) in [4.78, 5) is 14.2. The van der Waals surface area contributed by atoms with Crippen LogP contribution in [0, 0.1) is 17.2 Å². The molecule has 1 aliphatic heterocycles. The van der Waals surface area contributed by atoms with Gasteiger partial charge in [0.05, 0.1) is 11.6 Å². The molecule has 1 aromatic rings. The molecule has 6 heteroatoms. The SMILES string of the molecule is N#Cc1ccc(OCCN2CCC([C@H](O)C(=O)NC3CC3)CC2)cc1. The van der Waals surface area contributed by atoms with Crippen molar-refractivity contribution in [1.29, 1.82) is 5.26 Å². The van der Waals surface area contributed by atoms with Crippen molar-refractivity contribution in [2.45, 2.75) is 37.8 Å². The lowest BCUT2D eigenvalue weighted by atomic mass is 9.90. The molecule has 0 aromatic heterocycles. The van der Waals surface area contributed by atoms with Crippen LogP contribution in [0.5, 0.6) is 5.75 Å². The maximum Gasteiger partial charge on any atom is 0.249 e. The van der Waals surface area contributed by atoms with E-state index in [0.717, 1.165) is 51.1 Å². The van der Waals surface area contributed by atoms with Crippen molar-refractivity contribution < 1.29 is 14.6 Å². The number of carbonyl (C=O) groups excluding carboxylic acids is 1. The summed E-state index contributed by atoms with van der Waals surface area (Å²) in [6.45, 7) is 3.14. The smallest absolute Gasteiger partial charge is 0.249 e. The van der Waals surface area contributed by atoms with Crippen LogP contribution in [0.3, 0.4) is 0 Å². The number of benzene rings is 1. The minimum Gasteiger partial charge on any atom is -0.492 e. The Balaban J connectivity index is 1.34. The Labute approximate surface area is 148 Å². The van der Waals surface area contributed by atoms with E-state index in [1.54, 1.807) is 24.3 Å². The van der Waals surface area contributed by atoms with Crippen LogP contribution in [0.2, 0.25) is 0 Å². The third kappa shape index (κ3) is 5.18. The Morgan fingerprint density at radius 2 is 1.96 bits per heavy atom. The third-order valence-corrected chi connectivity index (χ3v) is 4.93. The molecular formula is C19H25N3O3. The summed E-state index contributed by atoms with van der Waals surface area (Å²) in [6, 6.07) is 9.48. The van der Waals surface area contributed by atoms with Gasteiger partial charge in [0.1, 0.15) is 18.5 Å². The molecule has 134 valence electrons. The molecule has 0 radical (unpaired) electrons. The first-order valence-corrected chi connectivity index (χ1v) is 8.99. The van der Waals surface area contributed by atoms with E-state index in [9.17, 15) is 9.90 Å². The van der Waals surface area contributed by atoms with Gasteiger partial charge in [0, 0.05) is 12.6 Å². The number of nitrogens with one attached hydrogen (secondary N) is 1. The van der Waals surface area contributed by atoms with Gasteiger partial charge in [-0.3, -0.25) is 9.69 Å². The second-order valence-electron chi connectivity index (χ2n) is 6.89. The first-order chi connectivity index (χ1) is 12.2. The average Bonchev–Trinajstić information content (AvgIpc) is 3.46. The van der Waals surface area contributed by atoms with Crippen LogP contribution in [0.25, 0.3) is 0 Å². The number of carbonyl (C=O) groups is 1. The Morgan fingerprint density at radius 1 is 1.28 bits per heavy atom. The lowest BCUT2D eigenvalue weighted by Gasteiger charge is -2.33. The molecule has 0 bridgehead atoms. The summed E-state index contributed by atoms with van der Waals surface area (Å²) in [6.07, 6.45) is 2.86. The molecule has 3 rings (SSSR count). The lowest BCUT2D eigenvalue weighted by molar-refractivity contribution is -0.133. The Hall–Kier alpha value is -2.10. The Kier molecular flexibility index (Phi) is 5.90. The monoisotopic (exact) mass is 343 g/mol. The molecule has 2 aliphatic rings. The molecule has 25 heavy (non-hydrogen) atoms. The summed E-state index contributed by atoms with van der Waals surface area (Å²) in [7, 11) is 0. The quantitative estimate of drug-likeness (QED) is 0.779. The van der Waals surface area contributed by atoms with E-state index in [-0.39, 0.29) is 11.8 Å². The number of nitriles is 1. The Bertz CT molecular complexity index is 614. The van der Waals surface area contributed by atoms with Crippen molar-refractivity contribution in [1.82, 2.24) is 10.2 Å². The van der Waals surface area contributed by atoms with Gasteiger partial charge in [-0.05, 0) is 69.0 Å². The zero-order valence-corrected chi connectivity index (χ0v) is 14.4. The summed E-state index contributed by atoms with van der Waals surface area (Å²) < 4.78 is 5.71. The highest BCUT2D eigenvalue weighted by Crippen LogP contribution is 2.23. The molecule has 1 saturated heterocycles. The van der Waals surface area contributed by atoms with Gasteiger partial charge in [0.25, 0.3) is 0 Å². The number of ether oxygens (including phenoxy) is 1. The van der Waals surface area contributed by atoms with E-state index in [1.165, 1.54) is 0 Å². The number of amides is 1. The van der Waals surface area contributed by atoms with E-state index < -0.39 is 6.10 Å². The summed E-state index contributed by atoms with van der Waals surface area (Å²) in [5.74, 6) is 0.612. The zero-order chi connectivity index (χ0) is 17.6. The molecule has 1 aromatic carbocycles. The van der Waals surface area contributed by atoms with Gasteiger partial charge in [0.15, 0.2) is 0 Å². The predicted molar refractivity (Wildman–Crippen MR) is 93.0 cm³/mol. The van der Waals surface area contributed by atoms with Crippen molar-refractivity contribution in [2.24, 2.45) is 5.92 Å². The molecule has 1 heterocycles. The van der Waals surface area contributed by atoms with Gasteiger partial charge in [-0.25, -0.2) is 0 Å². The molecule has 0 unspecified atom stereocenters. The maximum absolute atomic E-state index is 11.9. The van der Waals surface area contributed by atoms with Crippen LogP contribution in [-0.4, -0.2) is 54.3 Å². The van der Waals surface area contributed by atoms with E-state index >= 15 is 0 Å². The standard InChI is InChI=1S/C19H25N3O3/c20-13-14-1-5-17(6-2-14)25-12-11-22-9-7-15(8-10-22)18(23)19(24)21-16-3-4-16/h1-2,5-6,15-16,18,23H,3-4,7-12H2,(H,21,24)/t18-/m0/s1. The number of likely N-dealkylation sites (tertiary alicyclic amines) is 1. The van der Waals surface area contributed by atoms with E-state index in [4.69, 9.17) is 10.00 Å². The summed E-state index contributed by atoms with van der Waals surface area (Å²) >= 11 is 0. The number of aliphatic hydroxyl groups excluding tert-OH is 1. The average molecular weight is 343 g/mol. The van der Waals surface area contributed by atoms with Crippen LogP contribution in [-0.2, 0) is 4.79 Å². The van der Waals surface area contributed by atoms with Crippen LogP contribution in [0.15, 0.2) is 24.3 Å². The molecule has 0 spiro atoms. The van der Waals surface area contributed by atoms with Gasteiger partial charge in [-0.15, -0.1) is 0 Å². The number of hydrogen-bond acceptors (Lipinski definition) is 5. The van der Waals surface area contributed by atoms with Gasteiger partial charge in [-0.1, -0.05) is 0 Å². The summed E-state index contributed by atoms with van der Waals surface area (Å²) in [5.41, 5.74) is 0.624. The largest absolute Gasteiger partial charge is 0.492 e. The van der Waals surface area contributed by atoms with E-state index in [1.807, 2.05) is 0 Å². The molecule has 2 N–H and O–H groups in total. The zero-order valence-electron chi connectivity index (χ0n) is 14.4. The highest BCUT2D eigenvalue weighted by Gasteiger charge is 2.32. The van der Waals surface area contributed by atoms with Crippen LogP contribution in [0.1, 0.15) is 31.2 Å². The number of nitrogens with zero attached hydrogens (tertiary/aromatic N) is 2. The van der Waals surface area contributed by atoms with Gasteiger partial charge in [-0.2, -0.15) is 5.26 Å². The number of rotatable bonds is 7. The molecule has 1 saturated carbocycles. The molecule has 2 fully saturated rings. The molecule has 1 aliphatic carbocycles. The number of hydrogen-bond donors (Lipinski definition) is 2. The predicted octanol–water partition coefficient (Wildman–Crippen LogP) is 1.29. The fraction of sp³-hybridized carbons (Fsp3) is 0.579. The van der Waals surface area contributed by atoms with E-state index in [2.05, 4.69) is 16.3 Å². The van der Waals surface area contributed by atoms with Gasteiger partial charge in [0.2, 0.25) is 5.91 Å². The maximum atomic E-state index is 11.9. The van der Waals surface area contributed by atoms with Gasteiger partial charge < -0.3 is 15.2 Å². The van der Waals surface area contributed by atoms with Gasteiger partial charge >= 0.3 is 0 Å². The van der Waals surface area contributed by atoms with Crippen molar-refractivity contribution in [3.05, 3.63) is 29.8 Å². The normalized spacial score (nSPS) is 19.8. The fourth-order valence-electron chi connectivity index (χ4n) is 3.14. The number of piperidine rings is 1. The second kappa shape index (κ2) is 8.32. The van der Waals surface area contributed by atoms with Crippen molar-refractivity contribution in [2.75, 3.05) is 26.2 Å². The lowest BCUT2D eigenvalue weighted by Crippen LogP contribution is -2.45. The van der Waals surface area contributed by atoms with Crippen molar-refractivity contribution in [3.8, 4) is 11.8 Å². The molecular weight excluding hydrogens is 318 g/mol. The highest BCUT2D eigenvalue weighted by molar-refractivity contribution is 5.81. The summed E-state index contributed by atoms with van der Waals surface area (Å²) in [5, 5.41) is 21.8. The first-order valence-electron chi connectivity index (χ1n) is 8.99. The van der Waals surface area contributed by atoms with Crippen LogP contribution < -0.4 is 10.1 Å². The van der Waals surface area contributed by atoms with E-state index in [0.29, 0.717) is 18.2 Å². The first kappa shape index (κ1) is 17.7. The molecule has 1 atom stereocenters. The molecule has 6 nitrogen and oxygen atoms in total. The second-order valence-corrected chi connectivity index (χ2v) is 6.89. The van der Waals surface area contributed by atoms with Crippen LogP contribution >= 0.6 is 0 Å². The topological polar surface area (TPSA) is 85.6 Å². The molecule has 1 amide bonds. The third-order valence-electron chi connectivity index (χ3n) is 4.93. The highest BCUT2D eigenvalue weighted by atomic mass is 16.5. The van der Waals surface area contributed by atoms with Crippen molar-refractivity contribution in [3.63, 3.8) is 0 Å². The fourth-order valence-corrected chi connectivity index (χ4v) is 3.14. The van der Waals surface area contributed by atoms with Crippen molar-refractivity contribution >= 4 is 5.91 Å². The minimum atomic E-state index is -0.877. The Morgan fingerprint density at radius 3 is 2.56 bits per heavy atom. The van der Waals surface area contributed by atoms with Crippen LogP contribution in [0.4, 0.5) is 0 Å².